The van der Waals surface area contributed by atoms with Crippen LogP contribution in [0, 0.1) is 6.92 Å². The monoisotopic (exact) mass is 252 g/mol. The molecule has 6 nitrogen and oxygen atoms in total. The molecule has 0 unspecified atom stereocenters. The summed E-state index contributed by atoms with van der Waals surface area (Å²) in [5.41, 5.74) is 4.21. The Labute approximate surface area is 104 Å². The Morgan fingerprint density at radius 3 is 2.76 bits per heavy atom. The minimum absolute atomic E-state index is 0.599. The molecule has 3 N–H and O–H groups in total. The maximum atomic E-state index is 5.98. The van der Waals surface area contributed by atoms with Crippen LogP contribution in [0.3, 0.4) is 0 Å². The van der Waals surface area contributed by atoms with Gasteiger partial charge in [0.25, 0.3) is 0 Å². The molecule has 0 fully saturated rings. The van der Waals surface area contributed by atoms with Crippen LogP contribution in [0.4, 0.5) is 5.82 Å². The first kappa shape index (κ1) is 11.8. The molecular formula is C10H13ClN6. The number of halogens is 1. The van der Waals surface area contributed by atoms with Gasteiger partial charge in [0, 0.05) is 5.56 Å². The Kier molecular flexibility index (Phi) is 3.26. The number of nitrogen functional groups attached to an aromatic ring is 1. The maximum absolute atomic E-state index is 5.98. The Morgan fingerprint density at radius 1 is 1.47 bits per heavy atom. The minimum Gasteiger partial charge on any atom is -0.308 e. The van der Waals surface area contributed by atoms with Crippen LogP contribution in [0.5, 0.6) is 0 Å². The zero-order valence-corrected chi connectivity index (χ0v) is 10.4. The second-order valence-electron chi connectivity index (χ2n) is 3.53. The lowest BCUT2D eigenvalue weighted by molar-refractivity contribution is 0.807. The van der Waals surface area contributed by atoms with Crippen LogP contribution in [0.25, 0.3) is 5.82 Å². The van der Waals surface area contributed by atoms with Gasteiger partial charge in [0.1, 0.15) is 12.1 Å². The van der Waals surface area contributed by atoms with Crippen LogP contribution in [0.15, 0.2) is 12.5 Å². The van der Waals surface area contributed by atoms with E-state index in [9.17, 15) is 0 Å². The van der Waals surface area contributed by atoms with Crippen LogP contribution < -0.4 is 11.3 Å². The standard InChI is InChI=1S/C10H13ClN6/c1-3-7-9(15-12)13-5-14-10(7)17-4-8(11)6(2)16-17/h4-5H,3,12H2,1-2H3,(H,13,14,15). The third kappa shape index (κ3) is 2.09. The van der Waals surface area contributed by atoms with Crippen molar-refractivity contribution in [1.82, 2.24) is 19.7 Å². The van der Waals surface area contributed by atoms with E-state index < -0.39 is 0 Å². The lowest BCUT2D eigenvalue weighted by Crippen LogP contribution is -2.14. The molecule has 0 amide bonds. The van der Waals surface area contributed by atoms with Crippen molar-refractivity contribution in [3.05, 3.63) is 28.8 Å². The Balaban J connectivity index is 2.58. The molecule has 0 aliphatic rings. The number of aryl methyl sites for hydroxylation is 1. The number of nitrogens with two attached hydrogens (primary N) is 1. The molecule has 0 spiro atoms. The molecule has 0 saturated carbocycles. The van der Waals surface area contributed by atoms with E-state index in [1.807, 2.05) is 13.8 Å². The summed E-state index contributed by atoms with van der Waals surface area (Å²) >= 11 is 5.98. The van der Waals surface area contributed by atoms with Gasteiger partial charge in [-0.3, -0.25) is 0 Å². The maximum Gasteiger partial charge on any atom is 0.162 e. The summed E-state index contributed by atoms with van der Waals surface area (Å²) in [4.78, 5) is 8.28. The summed E-state index contributed by atoms with van der Waals surface area (Å²) in [6.07, 6.45) is 3.90. The molecule has 2 aromatic rings. The van der Waals surface area contributed by atoms with Crippen molar-refractivity contribution in [1.29, 1.82) is 0 Å². The van der Waals surface area contributed by atoms with Gasteiger partial charge in [0.2, 0.25) is 0 Å². The summed E-state index contributed by atoms with van der Waals surface area (Å²) < 4.78 is 1.64. The molecule has 0 saturated heterocycles. The first-order valence-electron chi connectivity index (χ1n) is 5.20. The minimum atomic E-state index is 0.599. The van der Waals surface area contributed by atoms with Crippen molar-refractivity contribution in [3.63, 3.8) is 0 Å². The summed E-state index contributed by atoms with van der Waals surface area (Å²) in [6, 6.07) is 0. The van der Waals surface area contributed by atoms with Gasteiger partial charge in [0.05, 0.1) is 16.9 Å². The molecule has 0 radical (unpaired) electrons. The van der Waals surface area contributed by atoms with Gasteiger partial charge in [-0.05, 0) is 13.3 Å². The van der Waals surface area contributed by atoms with Gasteiger partial charge in [-0.2, -0.15) is 5.10 Å². The van der Waals surface area contributed by atoms with Crippen LogP contribution >= 0.6 is 11.6 Å². The largest absolute Gasteiger partial charge is 0.308 e. The van der Waals surface area contributed by atoms with Crippen LogP contribution in [-0.4, -0.2) is 19.7 Å². The molecule has 0 aromatic carbocycles. The van der Waals surface area contributed by atoms with Gasteiger partial charge in [-0.25, -0.2) is 20.5 Å². The van der Waals surface area contributed by atoms with Crippen molar-refractivity contribution in [2.45, 2.75) is 20.3 Å². The summed E-state index contributed by atoms with van der Waals surface area (Å²) in [6.45, 7) is 3.84. The molecule has 2 aromatic heterocycles. The number of aromatic nitrogens is 4. The third-order valence-electron chi connectivity index (χ3n) is 2.47. The molecule has 0 aliphatic carbocycles. The average Bonchev–Trinajstić information content (AvgIpc) is 2.68. The fourth-order valence-corrected chi connectivity index (χ4v) is 1.73. The fourth-order valence-electron chi connectivity index (χ4n) is 1.60. The molecule has 2 heterocycles. The Hall–Kier alpha value is -1.66. The van der Waals surface area contributed by atoms with E-state index in [0.29, 0.717) is 16.7 Å². The molecule has 0 atom stereocenters. The number of hydrazine groups is 1. The zero-order valence-electron chi connectivity index (χ0n) is 9.61. The predicted molar refractivity (Wildman–Crippen MR) is 66.1 cm³/mol. The molecular weight excluding hydrogens is 240 g/mol. The molecule has 90 valence electrons. The van der Waals surface area contributed by atoms with E-state index in [-0.39, 0.29) is 0 Å². The zero-order chi connectivity index (χ0) is 12.4. The highest BCUT2D eigenvalue weighted by Crippen LogP contribution is 2.21. The average molecular weight is 253 g/mol. The van der Waals surface area contributed by atoms with Crippen molar-refractivity contribution in [3.8, 4) is 5.82 Å². The quantitative estimate of drug-likeness (QED) is 0.639. The number of nitrogens with one attached hydrogen (secondary N) is 1. The SMILES string of the molecule is CCc1c(NN)ncnc1-n1cc(Cl)c(C)n1. The van der Waals surface area contributed by atoms with Gasteiger partial charge >= 0.3 is 0 Å². The van der Waals surface area contributed by atoms with E-state index in [0.717, 1.165) is 17.7 Å². The summed E-state index contributed by atoms with van der Waals surface area (Å²) in [7, 11) is 0. The Bertz CT molecular complexity index is 516. The number of anilines is 1. The van der Waals surface area contributed by atoms with E-state index in [2.05, 4.69) is 20.5 Å². The van der Waals surface area contributed by atoms with Crippen molar-refractivity contribution in [2.24, 2.45) is 5.84 Å². The lowest BCUT2D eigenvalue weighted by Gasteiger charge is -2.10. The molecule has 17 heavy (non-hydrogen) atoms. The molecule has 0 bridgehead atoms. The lowest BCUT2D eigenvalue weighted by atomic mass is 10.2. The Morgan fingerprint density at radius 2 is 2.24 bits per heavy atom. The van der Waals surface area contributed by atoms with Gasteiger partial charge in [-0.15, -0.1) is 0 Å². The number of hydrogen-bond acceptors (Lipinski definition) is 5. The van der Waals surface area contributed by atoms with Crippen LogP contribution in [-0.2, 0) is 6.42 Å². The van der Waals surface area contributed by atoms with Gasteiger partial charge in [0.15, 0.2) is 5.82 Å². The summed E-state index contributed by atoms with van der Waals surface area (Å²) in [5, 5.41) is 4.89. The van der Waals surface area contributed by atoms with Crippen LogP contribution in [0.1, 0.15) is 18.2 Å². The first-order chi connectivity index (χ1) is 8.17. The van der Waals surface area contributed by atoms with Gasteiger partial charge in [-0.1, -0.05) is 18.5 Å². The second-order valence-corrected chi connectivity index (χ2v) is 3.94. The first-order valence-corrected chi connectivity index (χ1v) is 5.57. The van der Waals surface area contributed by atoms with Crippen LogP contribution in [0.2, 0.25) is 5.02 Å². The second kappa shape index (κ2) is 4.68. The van der Waals surface area contributed by atoms with Gasteiger partial charge < -0.3 is 5.43 Å². The highest BCUT2D eigenvalue weighted by Gasteiger charge is 2.12. The fraction of sp³-hybridized carbons (Fsp3) is 0.300. The number of hydrogen-bond donors (Lipinski definition) is 2. The highest BCUT2D eigenvalue weighted by molar-refractivity contribution is 6.31. The topological polar surface area (TPSA) is 81.6 Å². The molecule has 0 aliphatic heterocycles. The van der Waals surface area contributed by atoms with Crippen molar-refractivity contribution >= 4 is 17.4 Å². The van der Waals surface area contributed by atoms with E-state index >= 15 is 0 Å². The number of rotatable bonds is 3. The molecule has 2 rings (SSSR count). The highest BCUT2D eigenvalue weighted by atomic mass is 35.5. The smallest absolute Gasteiger partial charge is 0.162 e. The summed E-state index contributed by atoms with van der Waals surface area (Å²) in [5.74, 6) is 6.70. The van der Waals surface area contributed by atoms with E-state index in [4.69, 9.17) is 17.4 Å². The number of nitrogens with zero attached hydrogens (tertiary/aromatic N) is 4. The van der Waals surface area contributed by atoms with Crippen molar-refractivity contribution in [2.75, 3.05) is 5.43 Å². The predicted octanol–water partition coefficient (Wildman–Crippen LogP) is 1.47. The van der Waals surface area contributed by atoms with E-state index in [1.165, 1.54) is 6.33 Å². The third-order valence-corrected chi connectivity index (χ3v) is 2.84. The van der Waals surface area contributed by atoms with E-state index in [1.54, 1.807) is 10.9 Å². The normalized spacial score (nSPS) is 10.6. The molecule has 7 heteroatoms. The van der Waals surface area contributed by atoms with Crippen molar-refractivity contribution < 1.29 is 0 Å².